The molecule has 8 nitrogen and oxygen atoms in total. The number of guanidine groups is 1. The van der Waals surface area contributed by atoms with Crippen LogP contribution in [0.15, 0.2) is 41.5 Å². The van der Waals surface area contributed by atoms with Gasteiger partial charge in [0.15, 0.2) is 17.5 Å². The lowest BCUT2D eigenvalue weighted by Gasteiger charge is -2.20. The topological polar surface area (TPSA) is 86.2 Å². The third kappa shape index (κ3) is 8.22. The summed E-state index contributed by atoms with van der Waals surface area (Å²) in [5, 5.41) is 6.69. The van der Waals surface area contributed by atoms with Crippen molar-refractivity contribution in [1.29, 1.82) is 0 Å². The molecule has 0 saturated heterocycles. The highest BCUT2D eigenvalue weighted by Crippen LogP contribution is 2.34. The lowest BCUT2D eigenvalue weighted by atomic mass is 10.1. The van der Waals surface area contributed by atoms with Crippen LogP contribution in [0.4, 0.5) is 0 Å². The summed E-state index contributed by atoms with van der Waals surface area (Å²) in [4.78, 5) is 8.66. The Balaban J connectivity index is 0.00000385. The van der Waals surface area contributed by atoms with Gasteiger partial charge in [-0.15, -0.1) is 24.0 Å². The second kappa shape index (κ2) is 14.8. The fourth-order valence-electron chi connectivity index (χ4n) is 3.66. The van der Waals surface area contributed by atoms with Crippen LogP contribution in [0.3, 0.4) is 0 Å². The van der Waals surface area contributed by atoms with Crippen molar-refractivity contribution >= 4 is 29.9 Å². The standard InChI is InChI=1S/C24H34N4O4.HI/c1-25-24(28-17-19-9-7-13-26-23(19)31-15-14-29-2)27-16-18-8-6-12-21(30-3)22(18)32-20-10-4-5-11-20;/h6-9,12-13,20H,4-5,10-11,14-17H2,1-3H3,(H2,25,27,28);1H. The van der Waals surface area contributed by atoms with Crippen LogP contribution in [0, 0.1) is 0 Å². The van der Waals surface area contributed by atoms with Gasteiger partial charge in [0.1, 0.15) is 6.61 Å². The smallest absolute Gasteiger partial charge is 0.218 e. The first-order valence-electron chi connectivity index (χ1n) is 11.1. The van der Waals surface area contributed by atoms with Crippen molar-refractivity contribution in [3.05, 3.63) is 47.7 Å². The van der Waals surface area contributed by atoms with Crippen LogP contribution in [0.25, 0.3) is 0 Å². The molecule has 1 heterocycles. The Morgan fingerprint density at radius 3 is 2.45 bits per heavy atom. The predicted octanol–water partition coefficient (Wildman–Crippen LogP) is 3.92. The Bertz CT molecular complexity index is 875. The van der Waals surface area contributed by atoms with E-state index in [2.05, 4.69) is 26.7 Å². The third-order valence-electron chi connectivity index (χ3n) is 5.36. The first kappa shape index (κ1) is 27.0. The lowest BCUT2D eigenvalue weighted by Crippen LogP contribution is -2.36. The fourth-order valence-corrected chi connectivity index (χ4v) is 3.66. The molecule has 0 atom stereocenters. The number of aliphatic imine (C=N–C) groups is 1. The molecule has 0 aliphatic heterocycles. The zero-order chi connectivity index (χ0) is 22.6. The molecular formula is C24H35IN4O4. The second-order valence-electron chi connectivity index (χ2n) is 7.56. The SMILES string of the molecule is CN=C(NCc1cccnc1OCCOC)NCc1cccc(OC)c1OC1CCCC1.I. The molecule has 1 fully saturated rings. The van der Waals surface area contributed by atoms with Crippen molar-refractivity contribution in [3.8, 4) is 17.4 Å². The van der Waals surface area contributed by atoms with Crippen LogP contribution in [0.5, 0.6) is 17.4 Å². The van der Waals surface area contributed by atoms with Gasteiger partial charge in [0.2, 0.25) is 5.88 Å². The van der Waals surface area contributed by atoms with E-state index in [0.29, 0.717) is 38.1 Å². The first-order chi connectivity index (χ1) is 15.7. The number of pyridine rings is 1. The molecule has 1 aliphatic carbocycles. The number of nitrogens with zero attached hydrogens (tertiary/aromatic N) is 2. The summed E-state index contributed by atoms with van der Waals surface area (Å²) in [7, 11) is 5.07. The minimum atomic E-state index is 0. The zero-order valence-corrected chi connectivity index (χ0v) is 22.0. The number of para-hydroxylation sites is 1. The summed E-state index contributed by atoms with van der Waals surface area (Å²) in [6.45, 7) is 2.05. The molecule has 0 unspecified atom stereocenters. The molecule has 1 aromatic heterocycles. The highest BCUT2D eigenvalue weighted by Gasteiger charge is 2.20. The Kier molecular flexibility index (Phi) is 12.1. The molecule has 0 bridgehead atoms. The van der Waals surface area contributed by atoms with E-state index in [1.165, 1.54) is 12.8 Å². The van der Waals surface area contributed by atoms with E-state index in [-0.39, 0.29) is 30.1 Å². The van der Waals surface area contributed by atoms with E-state index in [9.17, 15) is 0 Å². The first-order valence-corrected chi connectivity index (χ1v) is 11.1. The quantitative estimate of drug-likeness (QED) is 0.183. The molecular weight excluding hydrogens is 535 g/mol. The Hall–Kier alpha value is -2.27. The average Bonchev–Trinajstić information content (AvgIpc) is 3.34. The molecule has 1 aromatic carbocycles. The van der Waals surface area contributed by atoms with Crippen molar-refractivity contribution in [2.75, 3.05) is 34.5 Å². The van der Waals surface area contributed by atoms with Crippen molar-refractivity contribution in [1.82, 2.24) is 15.6 Å². The number of hydrogen-bond acceptors (Lipinski definition) is 6. The van der Waals surface area contributed by atoms with Crippen LogP contribution < -0.4 is 24.8 Å². The average molecular weight is 570 g/mol. The number of ether oxygens (including phenoxy) is 4. The van der Waals surface area contributed by atoms with Gasteiger partial charge in [-0.2, -0.15) is 0 Å². The summed E-state index contributed by atoms with van der Waals surface area (Å²) >= 11 is 0. The summed E-state index contributed by atoms with van der Waals surface area (Å²) in [6, 6.07) is 9.83. The lowest BCUT2D eigenvalue weighted by molar-refractivity contribution is 0.143. The number of aromatic nitrogens is 1. The monoisotopic (exact) mass is 570 g/mol. The van der Waals surface area contributed by atoms with E-state index < -0.39 is 0 Å². The summed E-state index contributed by atoms with van der Waals surface area (Å²) in [5.74, 6) is 2.83. The largest absolute Gasteiger partial charge is 0.493 e. The molecule has 182 valence electrons. The third-order valence-corrected chi connectivity index (χ3v) is 5.36. The summed E-state index contributed by atoms with van der Waals surface area (Å²) in [5.41, 5.74) is 1.97. The zero-order valence-electron chi connectivity index (χ0n) is 19.6. The molecule has 1 saturated carbocycles. The van der Waals surface area contributed by atoms with Gasteiger partial charge in [-0.05, 0) is 37.8 Å². The predicted molar refractivity (Wildman–Crippen MR) is 140 cm³/mol. The minimum absolute atomic E-state index is 0. The normalized spacial score (nSPS) is 13.8. The van der Waals surface area contributed by atoms with Crippen LogP contribution in [-0.4, -0.2) is 51.5 Å². The molecule has 1 aliphatic rings. The number of methoxy groups -OCH3 is 2. The molecule has 0 spiro atoms. The molecule has 2 aromatic rings. The van der Waals surface area contributed by atoms with Gasteiger partial charge in [0, 0.05) is 44.6 Å². The van der Waals surface area contributed by atoms with Crippen LogP contribution in [0.1, 0.15) is 36.8 Å². The van der Waals surface area contributed by atoms with Crippen molar-refractivity contribution in [2.45, 2.75) is 44.9 Å². The summed E-state index contributed by atoms with van der Waals surface area (Å²) < 4.78 is 22.6. The van der Waals surface area contributed by atoms with E-state index in [1.54, 1.807) is 27.5 Å². The Morgan fingerprint density at radius 2 is 1.76 bits per heavy atom. The van der Waals surface area contributed by atoms with Crippen LogP contribution in [0.2, 0.25) is 0 Å². The van der Waals surface area contributed by atoms with Crippen molar-refractivity contribution in [3.63, 3.8) is 0 Å². The number of halogens is 1. The molecule has 9 heteroatoms. The van der Waals surface area contributed by atoms with Gasteiger partial charge >= 0.3 is 0 Å². The van der Waals surface area contributed by atoms with Crippen molar-refractivity contribution in [2.24, 2.45) is 4.99 Å². The maximum absolute atomic E-state index is 6.33. The minimum Gasteiger partial charge on any atom is -0.493 e. The van der Waals surface area contributed by atoms with Gasteiger partial charge < -0.3 is 29.6 Å². The van der Waals surface area contributed by atoms with Crippen LogP contribution in [-0.2, 0) is 17.8 Å². The summed E-state index contributed by atoms with van der Waals surface area (Å²) in [6.07, 6.45) is 6.59. The van der Waals surface area contributed by atoms with Crippen LogP contribution >= 0.6 is 24.0 Å². The fraction of sp³-hybridized carbons (Fsp3) is 0.500. The molecule has 0 amide bonds. The van der Waals surface area contributed by atoms with E-state index >= 15 is 0 Å². The van der Waals surface area contributed by atoms with Gasteiger partial charge in [0.05, 0.1) is 19.8 Å². The highest BCUT2D eigenvalue weighted by atomic mass is 127. The van der Waals surface area contributed by atoms with E-state index in [4.69, 9.17) is 18.9 Å². The Morgan fingerprint density at radius 1 is 1.03 bits per heavy atom. The van der Waals surface area contributed by atoms with Gasteiger partial charge in [-0.1, -0.05) is 18.2 Å². The maximum atomic E-state index is 6.33. The second-order valence-corrected chi connectivity index (χ2v) is 7.56. The number of hydrogen-bond donors (Lipinski definition) is 2. The van der Waals surface area contributed by atoms with Gasteiger partial charge in [-0.3, -0.25) is 4.99 Å². The maximum Gasteiger partial charge on any atom is 0.218 e. The van der Waals surface area contributed by atoms with E-state index in [1.807, 2.05) is 24.3 Å². The molecule has 3 rings (SSSR count). The van der Waals surface area contributed by atoms with Crippen molar-refractivity contribution < 1.29 is 18.9 Å². The number of nitrogens with one attached hydrogen (secondary N) is 2. The van der Waals surface area contributed by atoms with E-state index in [0.717, 1.165) is 35.5 Å². The number of benzene rings is 1. The highest BCUT2D eigenvalue weighted by molar-refractivity contribution is 14.0. The van der Waals surface area contributed by atoms with Gasteiger partial charge in [0.25, 0.3) is 0 Å². The Labute approximate surface area is 213 Å². The number of rotatable bonds is 11. The molecule has 33 heavy (non-hydrogen) atoms. The van der Waals surface area contributed by atoms with Gasteiger partial charge in [-0.25, -0.2) is 4.98 Å². The molecule has 2 N–H and O–H groups in total. The molecule has 0 radical (unpaired) electrons.